The summed E-state index contributed by atoms with van der Waals surface area (Å²) in [4.78, 5) is 12.3. The Morgan fingerprint density at radius 2 is 2.18 bits per heavy atom. The summed E-state index contributed by atoms with van der Waals surface area (Å²) >= 11 is 2.88. The molecule has 0 spiro atoms. The molecule has 0 saturated heterocycles. The van der Waals surface area contributed by atoms with Crippen molar-refractivity contribution in [3.05, 3.63) is 29.8 Å². The van der Waals surface area contributed by atoms with Gasteiger partial charge in [0.2, 0.25) is 5.13 Å². The molecule has 1 N–H and O–H groups in total. The van der Waals surface area contributed by atoms with Gasteiger partial charge in [-0.3, -0.25) is 4.79 Å². The highest BCUT2D eigenvalue weighted by molar-refractivity contribution is 8.01. The van der Waals surface area contributed by atoms with Crippen LogP contribution in [0, 0.1) is 0 Å². The monoisotopic (exact) mass is 337 g/mol. The number of ketones is 1. The number of ether oxygens (including phenoxy) is 1. The van der Waals surface area contributed by atoms with Crippen LogP contribution in [0.1, 0.15) is 30.1 Å². The van der Waals surface area contributed by atoms with Crippen molar-refractivity contribution >= 4 is 34.0 Å². The fourth-order valence-corrected chi connectivity index (χ4v) is 3.45. The van der Waals surface area contributed by atoms with Gasteiger partial charge < -0.3 is 10.1 Å². The van der Waals surface area contributed by atoms with Gasteiger partial charge in [0.25, 0.3) is 0 Å². The van der Waals surface area contributed by atoms with Gasteiger partial charge >= 0.3 is 0 Å². The summed E-state index contributed by atoms with van der Waals surface area (Å²) in [6, 6.07) is 7.25. The Morgan fingerprint density at radius 3 is 2.95 bits per heavy atom. The van der Waals surface area contributed by atoms with Crippen molar-refractivity contribution in [3.8, 4) is 5.75 Å². The van der Waals surface area contributed by atoms with Crippen molar-refractivity contribution in [1.82, 2.24) is 10.2 Å². The van der Waals surface area contributed by atoms with Crippen LogP contribution < -0.4 is 10.1 Å². The number of rotatable bonds is 9. The first-order valence-electron chi connectivity index (χ1n) is 7.11. The van der Waals surface area contributed by atoms with Gasteiger partial charge in [0.05, 0.1) is 18.4 Å². The zero-order valence-corrected chi connectivity index (χ0v) is 14.3. The third-order valence-corrected chi connectivity index (χ3v) is 4.96. The fourth-order valence-electron chi connectivity index (χ4n) is 1.79. The van der Waals surface area contributed by atoms with E-state index in [1.807, 2.05) is 12.1 Å². The van der Waals surface area contributed by atoms with Crippen LogP contribution in [0.2, 0.25) is 0 Å². The second kappa shape index (κ2) is 8.75. The van der Waals surface area contributed by atoms with Gasteiger partial charge in [0.15, 0.2) is 10.1 Å². The summed E-state index contributed by atoms with van der Waals surface area (Å²) in [6.45, 7) is 3.04. The molecule has 0 bridgehead atoms. The fraction of sp³-hybridized carbons (Fsp3) is 0.400. The van der Waals surface area contributed by atoms with Gasteiger partial charge in [0.1, 0.15) is 5.75 Å². The lowest BCUT2D eigenvalue weighted by molar-refractivity contribution is 0.101. The lowest BCUT2D eigenvalue weighted by Gasteiger charge is -2.05. The van der Waals surface area contributed by atoms with E-state index in [9.17, 15) is 4.79 Å². The smallest absolute Gasteiger partial charge is 0.206 e. The molecule has 0 saturated carbocycles. The van der Waals surface area contributed by atoms with Gasteiger partial charge in [0, 0.05) is 6.54 Å². The largest absolute Gasteiger partial charge is 0.496 e. The van der Waals surface area contributed by atoms with Gasteiger partial charge in [-0.1, -0.05) is 48.6 Å². The number of para-hydroxylation sites is 1. The SMILES string of the molecule is CCCCNc1nnc(SCC(=O)c2ccccc2OC)s1. The first kappa shape index (κ1) is 16.8. The number of carbonyl (C=O) groups excluding carboxylic acids is 1. The molecule has 1 aromatic heterocycles. The molecule has 118 valence electrons. The summed E-state index contributed by atoms with van der Waals surface area (Å²) in [5.41, 5.74) is 0.600. The molecule has 7 heteroatoms. The van der Waals surface area contributed by atoms with Crippen LogP contribution in [0.4, 0.5) is 5.13 Å². The van der Waals surface area contributed by atoms with Crippen molar-refractivity contribution in [2.45, 2.75) is 24.1 Å². The Balaban J connectivity index is 1.88. The second-order valence-corrected chi connectivity index (χ2v) is 6.77. The standard InChI is InChI=1S/C15H19N3O2S2/c1-3-4-9-16-14-17-18-15(22-14)21-10-12(19)11-7-5-6-8-13(11)20-2/h5-8H,3-4,9-10H2,1-2H3,(H,16,17). The quantitative estimate of drug-likeness (QED) is 0.427. The molecule has 1 heterocycles. The number of hydrogen-bond donors (Lipinski definition) is 1. The number of benzene rings is 1. The van der Waals surface area contributed by atoms with Crippen molar-refractivity contribution in [1.29, 1.82) is 0 Å². The Morgan fingerprint density at radius 1 is 1.36 bits per heavy atom. The van der Waals surface area contributed by atoms with Crippen molar-refractivity contribution in [2.24, 2.45) is 0 Å². The van der Waals surface area contributed by atoms with Crippen molar-refractivity contribution in [3.63, 3.8) is 0 Å². The molecule has 0 fully saturated rings. The van der Waals surface area contributed by atoms with Gasteiger partial charge in [-0.2, -0.15) is 0 Å². The molecule has 0 aliphatic heterocycles. The number of aromatic nitrogens is 2. The van der Waals surface area contributed by atoms with E-state index in [1.54, 1.807) is 19.2 Å². The Hall–Kier alpha value is -1.60. The van der Waals surface area contributed by atoms with Gasteiger partial charge in [-0.25, -0.2) is 0 Å². The van der Waals surface area contributed by atoms with E-state index in [4.69, 9.17) is 4.74 Å². The number of hydrogen-bond acceptors (Lipinski definition) is 7. The highest BCUT2D eigenvalue weighted by Gasteiger charge is 2.13. The molecule has 0 aliphatic rings. The lowest BCUT2D eigenvalue weighted by Crippen LogP contribution is -2.04. The van der Waals surface area contributed by atoms with E-state index < -0.39 is 0 Å². The Kier molecular flexibility index (Phi) is 6.67. The van der Waals surface area contributed by atoms with Crippen LogP contribution in [0.5, 0.6) is 5.75 Å². The number of Topliss-reactive ketones (excluding diaryl/α,β-unsaturated/α-hetero) is 1. The average molecular weight is 337 g/mol. The van der Waals surface area contributed by atoms with Gasteiger partial charge in [-0.05, 0) is 18.6 Å². The van der Waals surface area contributed by atoms with E-state index in [0.29, 0.717) is 17.1 Å². The number of methoxy groups -OCH3 is 1. The molecule has 2 aromatic rings. The summed E-state index contributed by atoms with van der Waals surface area (Å²) in [5.74, 6) is 0.953. The molecular weight excluding hydrogens is 318 g/mol. The predicted molar refractivity (Wildman–Crippen MR) is 91.4 cm³/mol. The molecule has 0 atom stereocenters. The minimum Gasteiger partial charge on any atom is -0.496 e. The first-order chi connectivity index (χ1) is 10.7. The predicted octanol–water partition coefficient (Wildman–Crippen LogP) is 3.73. The molecule has 0 radical (unpaired) electrons. The van der Waals surface area contributed by atoms with Crippen LogP contribution in [0.25, 0.3) is 0 Å². The van der Waals surface area contributed by atoms with E-state index in [2.05, 4.69) is 22.4 Å². The van der Waals surface area contributed by atoms with Crippen LogP contribution in [0.15, 0.2) is 28.6 Å². The third-order valence-electron chi connectivity index (χ3n) is 2.95. The van der Waals surface area contributed by atoms with Crippen LogP contribution >= 0.6 is 23.1 Å². The van der Waals surface area contributed by atoms with Crippen LogP contribution in [-0.4, -0.2) is 35.4 Å². The number of unbranched alkanes of at least 4 members (excludes halogenated alkanes) is 1. The number of nitrogens with one attached hydrogen (secondary N) is 1. The topological polar surface area (TPSA) is 64.1 Å². The summed E-state index contributed by atoms with van der Waals surface area (Å²) in [5, 5.41) is 12.2. The van der Waals surface area contributed by atoms with Gasteiger partial charge in [-0.15, -0.1) is 10.2 Å². The summed E-state index contributed by atoms with van der Waals surface area (Å²) in [7, 11) is 1.57. The van der Waals surface area contributed by atoms with Crippen LogP contribution in [-0.2, 0) is 0 Å². The molecule has 0 aliphatic carbocycles. The minimum atomic E-state index is 0.0261. The van der Waals surface area contributed by atoms with E-state index in [-0.39, 0.29) is 5.78 Å². The number of carbonyl (C=O) groups is 1. The maximum atomic E-state index is 12.3. The van der Waals surface area contributed by atoms with E-state index >= 15 is 0 Å². The molecule has 5 nitrogen and oxygen atoms in total. The second-order valence-electron chi connectivity index (χ2n) is 4.57. The van der Waals surface area contributed by atoms with Crippen molar-refractivity contribution < 1.29 is 9.53 Å². The molecule has 0 amide bonds. The van der Waals surface area contributed by atoms with Crippen molar-refractivity contribution in [2.75, 3.05) is 24.7 Å². The Labute approximate surface area is 138 Å². The highest BCUT2D eigenvalue weighted by atomic mass is 32.2. The number of anilines is 1. The maximum absolute atomic E-state index is 12.3. The first-order valence-corrected chi connectivity index (χ1v) is 8.91. The maximum Gasteiger partial charge on any atom is 0.206 e. The van der Waals surface area contributed by atoms with E-state index in [1.165, 1.54) is 23.1 Å². The molecule has 1 aromatic carbocycles. The van der Waals surface area contributed by atoms with Crippen LogP contribution in [0.3, 0.4) is 0 Å². The number of thioether (sulfide) groups is 1. The molecule has 0 unspecified atom stereocenters. The summed E-state index contributed by atoms with van der Waals surface area (Å²) < 4.78 is 6.01. The zero-order chi connectivity index (χ0) is 15.8. The molecule has 2 rings (SSSR count). The summed E-state index contributed by atoms with van der Waals surface area (Å²) in [6.07, 6.45) is 2.25. The minimum absolute atomic E-state index is 0.0261. The normalized spacial score (nSPS) is 10.5. The Bertz CT molecular complexity index is 616. The highest BCUT2D eigenvalue weighted by Crippen LogP contribution is 2.27. The number of nitrogens with zero attached hydrogens (tertiary/aromatic N) is 2. The molecule has 22 heavy (non-hydrogen) atoms. The average Bonchev–Trinajstić information content (AvgIpc) is 3.00. The van der Waals surface area contributed by atoms with E-state index in [0.717, 1.165) is 28.9 Å². The lowest BCUT2D eigenvalue weighted by atomic mass is 10.1. The zero-order valence-electron chi connectivity index (χ0n) is 12.7. The third kappa shape index (κ3) is 4.71. The molecular formula is C15H19N3O2S2.